The van der Waals surface area contributed by atoms with Gasteiger partial charge < -0.3 is 14.2 Å². The molecule has 7 rings (SSSR count). The first-order chi connectivity index (χ1) is 25.4. The van der Waals surface area contributed by atoms with E-state index in [-0.39, 0.29) is 65.5 Å². The van der Waals surface area contributed by atoms with E-state index in [2.05, 4.69) is 15.0 Å². The van der Waals surface area contributed by atoms with Crippen molar-refractivity contribution in [2.45, 2.75) is 62.5 Å². The molecular weight excluding hydrogens is 738 g/mol. The molecule has 2 atom stereocenters. The zero-order valence-corrected chi connectivity index (χ0v) is 31.3. The summed E-state index contributed by atoms with van der Waals surface area (Å²) in [6.45, 7) is 1.80. The Morgan fingerprint density at radius 2 is 1.60 bits per heavy atom. The van der Waals surface area contributed by atoms with Crippen LogP contribution in [0.3, 0.4) is 0 Å². The first kappa shape index (κ1) is 37.0. The van der Waals surface area contributed by atoms with Crippen molar-refractivity contribution in [2.24, 2.45) is 5.92 Å². The van der Waals surface area contributed by atoms with E-state index < -0.39 is 28.8 Å². The number of aromatic nitrogens is 4. The van der Waals surface area contributed by atoms with Crippen LogP contribution in [0.25, 0.3) is 22.4 Å². The lowest BCUT2D eigenvalue weighted by Gasteiger charge is -2.40. The van der Waals surface area contributed by atoms with Gasteiger partial charge in [-0.2, -0.15) is 0 Å². The van der Waals surface area contributed by atoms with Crippen LogP contribution < -0.4 is 0 Å². The fourth-order valence-electron chi connectivity index (χ4n) is 6.70. The molecule has 0 unspecified atom stereocenters. The first-order valence-corrected chi connectivity index (χ1v) is 20.5. The molecule has 14 heteroatoms. The predicted octanol–water partition coefficient (Wildman–Crippen LogP) is 8.88. The summed E-state index contributed by atoms with van der Waals surface area (Å²) < 4.78 is 70.8. The molecule has 53 heavy (non-hydrogen) atoms. The van der Waals surface area contributed by atoms with Gasteiger partial charge >= 0.3 is 7.60 Å². The smallest absolute Gasteiger partial charge is 0.362 e. The normalized spacial score (nSPS) is 18.0. The zero-order valence-electron chi connectivity index (χ0n) is 28.8. The van der Waals surface area contributed by atoms with Gasteiger partial charge in [0.1, 0.15) is 0 Å². The van der Waals surface area contributed by atoms with Crippen LogP contribution in [0.15, 0.2) is 114 Å². The van der Waals surface area contributed by atoms with Gasteiger partial charge in [0, 0.05) is 23.3 Å². The standard InChI is InChI=1S/C39H37ClFN4O6PS/c1-27-14-16-32(17-15-27)53(48,49)45-24-34(33-20-31(40)22-43-38(33)45)37-42-23-35(41)36(44-37)19-30-13-8-18-39(46,21-30)52(47,50-25-28-9-4-2-5-10-28)51-26-29-11-6-3-7-12-29/h2-7,9-12,14-17,20,22-24,30,46H,8,13,18-19,21,25-26H2,1H3/t30-,39+/m1/s1. The van der Waals surface area contributed by atoms with Crippen LogP contribution in [0.4, 0.5) is 4.39 Å². The number of rotatable bonds is 12. The Bertz CT molecular complexity index is 2350. The van der Waals surface area contributed by atoms with Gasteiger partial charge in [-0.05, 0) is 74.3 Å². The third-order valence-corrected chi connectivity index (χ3v) is 13.7. The molecule has 274 valence electrons. The van der Waals surface area contributed by atoms with Gasteiger partial charge in [-0.1, -0.05) is 90.0 Å². The summed E-state index contributed by atoms with van der Waals surface area (Å²) in [5.41, 5.74) is 2.91. The summed E-state index contributed by atoms with van der Waals surface area (Å²) >= 11 is 6.31. The van der Waals surface area contributed by atoms with E-state index in [1.165, 1.54) is 24.5 Å². The number of hydrogen-bond acceptors (Lipinski definition) is 9. The van der Waals surface area contributed by atoms with E-state index in [0.717, 1.165) is 26.9 Å². The lowest BCUT2D eigenvalue weighted by molar-refractivity contribution is 0.0143. The van der Waals surface area contributed by atoms with Gasteiger partial charge in [-0.15, -0.1) is 0 Å². The van der Waals surface area contributed by atoms with Crippen molar-refractivity contribution in [2.75, 3.05) is 0 Å². The van der Waals surface area contributed by atoms with Crippen LogP contribution in [-0.4, -0.2) is 37.8 Å². The maximum atomic E-state index is 15.5. The van der Waals surface area contributed by atoms with Crippen LogP contribution in [0.5, 0.6) is 0 Å². The van der Waals surface area contributed by atoms with Crippen LogP contribution in [0.2, 0.25) is 5.02 Å². The van der Waals surface area contributed by atoms with Gasteiger partial charge in [0.15, 0.2) is 22.6 Å². The second-order valence-corrected chi connectivity index (χ2v) is 17.9. The quantitative estimate of drug-likeness (QED) is 0.121. The van der Waals surface area contributed by atoms with E-state index in [1.54, 1.807) is 18.2 Å². The average molecular weight is 775 g/mol. The molecule has 10 nitrogen and oxygen atoms in total. The number of aliphatic hydroxyl groups is 1. The Labute approximate surface area is 312 Å². The van der Waals surface area contributed by atoms with Crippen molar-refractivity contribution in [3.05, 3.63) is 143 Å². The number of benzene rings is 3. The van der Waals surface area contributed by atoms with Gasteiger partial charge in [0.05, 0.1) is 35.0 Å². The highest BCUT2D eigenvalue weighted by Crippen LogP contribution is 2.65. The molecule has 3 aromatic carbocycles. The largest absolute Gasteiger partial charge is 0.377 e. The molecule has 6 aromatic rings. The van der Waals surface area contributed by atoms with Crippen LogP contribution in [0.1, 0.15) is 48.1 Å². The van der Waals surface area contributed by atoms with E-state index in [1.807, 2.05) is 67.6 Å². The molecule has 1 aliphatic carbocycles. The number of pyridine rings is 1. The summed E-state index contributed by atoms with van der Waals surface area (Å²) in [4.78, 5) is 13.2. The van der Waals surface area contributed by atoms with Crippen molar-refractivity contribution < 1.29 is 31.5 Å². The lowest BCUT2D eigenvalue weighted by Crippen LogP contribution is -2.37. The Morgan fingerprint density at radius 1 is 0.962 bits per heavy atom. The molecule has 1 saturated carbocycles. The maximum Gasteiger partial charge on any atom is 0.362 e. The van der Waals surface area contributed by atoms with E-state index in [9.17, 15) is 18.1 Å². The van der Waals surface area contributed by atoms with E-state index in [0.29, 0.717) is 23.8 Å². The summed E-state index contributed by atoms with van der Waals surface area (Å²) in [5, 5.41) is 10.9. The van der Waals surface area contributed by atoms with Crippen LogP contribution in [0, 0.1) is 18.7 Å². The fourth-order valence-corrected chi connectivity index (χ4v) is 10.3. The molecule has 1 aliphatic rings. The molecule has 1 fully saturated rings. The van der Waals surface area contributed by atoms with Crippen molar-refractivity contribution in [3.8, 4) is 11.4 Å². The molecule has 3 heterocycles. The summed E-state index contributed by atoms with van der Waals surface area (Å²) in [7, 11) is -8.26. The molecule has 0 saturated heterocycles. The van der Waals surface area contributed by atoms with Crippen molar-refractivity contribution in [1.29, 1.82) is 0 Å². The van der Waals surface area contributed by atoms with E-state index in [4.69, 9.17) is 20.6 Å². The van der Waals surface area contributed by atoms with Gasteiger partial charge in [-0.25, -0.2) is 31.7 Å². The molecule has 3 aromatic heterocycles. The van der Waals surface area contributed by atoms with Gasteiger partial charge in [0.2, 0.25) is 0 Å². The van der Waals surface area contributed by atoms with E-state index >= 15 is 4.39 Å². The van der Waals surface area contributed by atoms with Crippen molar-refractivity contribution in [1.82, 2.24) is 18.9 Å². The molecule has 0 spiro atoms. The van der Waals surface area contributed by atoms with Crippen molar-refractivity contribution in [3.63, 3.8) is 0 Å². The third kappa shape index (κ3) is 7.85. The number of aryl methyl sites for hydroxylation is 1. The lowest BCUT2D eigenvalue weighted by atomic mass is 9.84. The molecule has 0 radical (unpaired) electrons. The highest BCUT2D eigenvalue weighted by Gasteiger charge is 2.52. The van der Waals surface area contributed by atoms with Crippen molar-refractivity contribution >= 4 is 40.3 Å². The number of fused-ring (bicyclic) bond motifs is 1. The molecule has 0 aliphatic heterocycles. The highest BCUT2D eigenvalue weighted by molar-refractivity contribution is 7.90. The fraction of sp³-hybridized carbons (Fsp3) is 0.256. The predicted molar refractivity (Wildman–Crippen MR) is 200 cm³/mol. The molecular formula is C39H37ClFN4O6PS. The highest BCUT2D eigenvalue weighted by atomic mass is 35.5. The first-order valence-electron chi connectivity index (χ1n) is 17.1. The minimum atomic E-state index is -4.17. The third-order valence-electron chi connectivity index (χ3n) is 9.50. The summed E-state index contributed by atoms with van der Waals surface area (Å²) in [5.74, 6) is -0.944. The molecule has 1 N–H and O–H groups in total. The molecule has 0 bridgehead atoms. The molecule has 0 amide bonds. The Kier molecular flexibility index (Phi) is 10.6. The average Bonchev–Trinajstić information content (AvgIpc) is 3.54. The second-order valence-electron chi connectivity index (χ2n) is 13.3. The zero-order chi connectivity index (χ0) is 37.2. The van der Waals surface area contributed by atoms with Gasteiger partial charge in [0.25, 0.3) is 10.0 Å². The Hall–Kier alpha value is -4.29. The maximum absolute atomic E-state index is 15.5. The Morgan fingerprint density at radius 3 is 2.25 bits per heavy atom. The minimum absolute atomic E-state index is 0.0141. The second kappa shape index (κ2) is 15.2. The minimum Gasteiger partial charge on any atom is -0.377 e. The number of nitrogens with zero attached hydrogens (tertiary/aromatic N) is 4. The van der Waals surface area contributed by atoms with Crippen LogP contribution >= 0.6 is 19.2 Å². The summed E-state index contributed by atoms with van der Waals surface area (Å²) in [6.07, 6.45) is 5.12. The number of hydrogen-bond donors (Lipinski definition) is 1. The number of halogens is 2. The van der Waals surface area contributed by atoms with Crippen LogP contribution in [-0.2, 0) is 43.3 Å². The SMILES string of the molecule is Cc1ccc(S(=O)(=O)n2cc(-c3ncc(F)c(C[C@H]4CCC[C@](O)(P(=O)(OCc5ccccc5)OCc5ccccc5)C4)n3)c3cc(Cl)cnc32)cc1. The Balaban J connectivity index is 1.18. The summed E-state index contributed by atoms with van der Waals surface area (Å²) in [6, 6.07) is 26.5. The van der Waals surface area contributed by atoms with Gasteiger partial charge in [-0.3, -0.25) is 4.57 Å². The monoisotopic (exact) mass is 774 g/mol. The topological polar surface area (TPSA) is 134 Å².